The van der Waals surface area contributed by atoms with E-state index in [1.165, 1.54) is 11.3 Å². The molecule has 0 spiro atoms. The van der Waals surface area contributed by atoms with Gasteiger partial charge in [0, 0.05) is 5.56 Å². The lowest BCUT2D eigenvalue weighted by atomic mass is 9.93. The molecule has 2 heterocycles. The summed E-state index contributed by atoms with van der Waals surface area (Å²) in [5.74, 6) is 0.833. The zero-order valence-corrected chi connectivity index (χ0v) is 26.5. The molecule has 0 bridgehead atoms. The van der Waals surface area contributed by atoms with Gasteiger partial charge in [-0.2, -0.15) is 0 Å². The third-order valence-electron chi connectivity index (χ3n) is 6.41. The van der Waals surface area contributed by atoms with E-state index in [-0.39, 0.29) is 12.2 Å². The Kier molecular flexibility index (Phi) is 8.91. The van der Waals surface area contributed by atoms with Crippen molar-refractivity contribution < 1.29 is 19.0 Å². The summed E-state index contributed by atoms with van der Waals surface area (Å²) in [7, 11) is 1.59. The number of methoxy groups -OCH3 is 1. The second-order valence-electron chi connectivity index (χ2n) is 8.95. The first-order valence-electron chi connectivity index (χ1n) is 12.9. The van der Waals surface area contributed by atoms with Gasteiger partial charge in [0.25, 0.3) is 5.56 Å². The number of aromatic nitrogens is 1. The molecule has 1 aliphatic rings. The molecule has 210 valence electrons. The van der Waals surface area contributed by atoms with Gasteiger partial charge < -0.3 is 14.2 Å². The van der Waals surface area contributed by atoms with Crippen molar-refractivity contribution >= 4 is 60.9 Å². The van der Waals surface area contributed by atoms with Gasteiger partial charge in [0.1, 0.15) is 11.5 Å². The molecule has 0 aliphatic carbocycles. The summed E-state index contributed by atoms with van der Waals surface area (Å²) < 4.78 is 20.2. The van der Waals surface area contributed by atoms with Crippen molar-refractivity contribution in [3.8, 4) is 11.5 Å². The minimum Gasteiger partial charge on any atom is -0.497 e. The lowest BCUT2D eigenvalue weighted by Gasteiger charge is -2.26. The molecule has 7 nitrogen and oxygen atoms in total. The van der Waals surface area contributed by atoms with Crippen LogP contribution in [0.15, 0.2) is 91.0 Å². The maximum atomic E-state index is 14.1. The van der Waals surface area contributed by atoms with Crippen LogP contribution in [-0.2, 0) is 9.53 Å². The van der Waals surface area contributed by atoms with Gasteiger partial charge in [-0.05, 0) is 87.2 Å². The maximum absolute atomic E-state index is 14.1. The van der Waals surface area contributed by atoms with Crippen LogP contribution >= 0.6 is 43.2 Å². The first kappa shape index (κ1) is 29.0. The molecule has 1 aliphatic heterocycles. The highest BCUT2D eigenvalue weighted by molar-refractivity contribution is 9.11. The average Bonchev–Trinajstić information content (AvgIpc) is 3.29. The standard InChI is InChI=1S/C31H26Br2N2O5S/c1-4-39-28-22(32)15-18(16-23(28)33)17-24-29(36)35-27(20-11-13-21(38-3)14-12-20)25(30(37)40-5-2)26(34-31(35)41-24)19-9-7-6-8-10-19/h6-17,27H,4-5H2,1-3H3/b24-17-/t27-/m0/s1. The second-order valence-corrected chi connectivity index (χ2v) is 11.7. The van der Waals surface area contributed by atoms with Gasteiger partial charge in [0.2, 0.25) is 0 Å². The third kappa shape index (κ3) is 5.82. The van der Waals surface area contributed by atoms with Crippen molar-refractivity contribution in [2.75, 3.05) is 20.3 Å². The number of nitrogens with zero attached hydrogens (tertiary/aromatic N) is 2. The monoisotopic (exact) mass is 696 g/mol. The molecule has 0 saturated carbocycles. The molecule has 0 fully saturated rings. The lowest BCUT2D eigenvalue weighted by Crippen LogP contribution is -2.40. The number of ether oxygens (including phenoxy) is 3. The summed E-state index contributed by atoms with van der Waals surface area (Å²) in [5.41, 5.74) is 2.80. The molecular formula is C31H26Br2N2O5S. The van der Waals surface area contributed by atoms with E-state index in [9.17, 15) is 9.59 Å². The molecule has 41 heavy (non-hydrogen) atoms. The normalized spacial score (nSPS) is 14.9. The number of rotatable bonds is 8. The Morgan fingerprint density at radius 2 is 1.71 bits per heavy atom. The number of carbonyl (C=O) groups is 1. The van der Waals surface area contributed by atoms with E-state index in [0.717, 1.165) is 25.6 Å². The van der Waals surface area contributed by atoms with E-state index in [1.54, 1.807) is 18.6 Å². The van der Waals surface area contributed by atoms with E-state index < -0.39 is 12.0 Å². The maximum Gasteiger partial charge on any atom is 0.338 e. The third-order valence-corrected chi connectivity index (χ3v) is 8.57. The predicted octanol–water partition coefficient (Wildman–Crippen LogP) is 5.87. The minimum atomic E-state index is -0.757. The fourth-order valence-corrected chi connectivity index (χ4v) is 7.09. The summed E-state index contributed by atoms with van der Waals surface area (Å²) >= 11 is 8.41. The number of fused-ring (bicyclic) bond motifs is 1. The van der Waals surface area contributed by atoms with Gasteiger partial charge in [-0.15, -0.1) is 0 Å². The van der Waals surface area contributed by atoms with Crippen LogP contribution in [0.4, 0.5) is 0 Å². The first-order valence-corrected chi connectivity index (χ1v) is 15.3. The molecule has 0 radical (unpaired) electrons. The number of halogens is 2. The zero-order valence-electron chi connectivity index (χ0n) is 22.5. The van der Waals surface area contributed by atoms with E-state index >= 15 is 0 Å². The number of hydrogen-bond acceptors (Lipinski definition) is 7. The van der Waals surface area contributed by atoms with Crippen molar-refractivity contribution in [1.29, 1.82) is 0 Å². The number of thiazole rings is 1. The number of carbonyl (C=O) groups excluding carboxylic acids is 1. The van der Waals surface area contributed by atoms with Crippen molar-refractivity contribution in [2.24, 2.45) is 4.99 Å². The summed E-state index contributed by atoms with van der Waals surface area (Å²) in [6, 6.07) is 19.8. The van der Waals surface area contributed by atoms with Gasteiger partial charge in [-0.3, -0.25) is 9.36 Å². The molecule has 5 rings (SSSR count). The number of benzene rings is 3. The van der Waals surface area contributed by atoms with Crippen LogP contribution in [0.1, 0.15) is 36.6 Å². The highest BCUT2D eigenvalue weighted by Crippen LogP contribution is 2.37. The van der Waals surface area contributed by atoms with Crippen LogP contribution in [0, 0.1) is 0 Å². The Morgan fingerprint density at radius 1 is 1.02 bits per heavy atom. The highest BCUT2D eigenvalue weighted by Gasteiger charge is 2.35. The summed E-state index contributed by atoms with van der Waals surface area (Å²) in [4.78, 5) is 33.0. The van der Waals surface area contributed by atoms with Crippen molar-refractivity contribution in [1.82, 2.24) is 4.57 Å². The molecule has 0 amide bonds. The fourth-order valence-electron chi connectivity index (χ4n) is 4.64. The Labute approximate surface area is 257 Å². The molecule has 0 saturated heterocycles. The van der Waals surface area contributed by atoms with E-state index in [4.69, 9.17) is 19.2 Å². The molecule has 1 aromatic heterocycles. The van der Waals surface area contributed by atoms with Crippen molar-refractivity contribution in [3.05, 3.63) is 118 Å². The van der Waals surface area contributed by atoms with Gasteiger partial charge in [0.15, 0.2) is 4.80 Å². The van der Waals surface area contributed by atoms with Crippen molar-refractivity contribution in [2.45, 2.75) is 19.9 Å². The lowest BCUT2D eigenvalue weighted by molar-refractivity contribution is -0.138. The average molecular weight is 698 g/mol. The Hall–Kier alpha value is -3.47. The molecule has 10 heteroatoms. The quantitative estimate of drug-likeness (QED) is 0.216. The molecule has 1 atom stereocenters. The summed E-state index contributed by atoms with van der Waals surface area (Å²) in [6.45, 7) is 4.38. The van der Waals surface area contributed by atoms with Crippen molar-refractivity contribution in [3.63, 3.8) is 0 Å². The molecule has 4 aromatic rings. The van der Waals surface area contributed by atoms with Gasteiger partial charge >= 0.3 is 5.97 Å². The zero-order chi connectivity index (χ0) is 29.1. The minimum absolute atomic E-state index is 0.186. The summed E-state index contributed by atoms with van der Waals surface area (Å²) in [6.07, 6.45) is 1.82. The SMILES string of the molecule is CCOC(=O)C1=C(c2ccccc2)N=c2s/c(=C\c3cc(Br)c(OCC)c(Br)c3)c(=O)n2[C@H]1c1ccc(OC)cc1. The predicted molar refractivity (Wildman–Crippen MR) is 167 cm³/mol. The van der Waals surface area contributed by atoms with Crippen LogP contribution in [0.3, 0.4) is 0 Å². The first-order chi connectivity index (χ1) is 19.9. The van der Waals surface area contributed by atoms with Crippen LogP contribution < -0.4 is 24.4 Å². The van der Waals surface area contributed by atoms with Crippen LogP contribution in [-0.4, -0.2) is 30.9 Å². The van der Waals surface area contributed by atoms with Gasteiger partial charge in [-0.25, -0.2) is 9.79 Å². The second kappa shape index (κ2) is 12.6. The van der Waals surface area contributed by atoms with Crippen LogP contribution in [0.2, 0.25) is 0 Å². The van der Waals surface area contributed by atoms with Crippen LogP contribution in [0.25, 0.3) is 11.8 Å². The van der Waals surface area contributed by atoms with E-state index in [1.807, 2.05) is 79.7 Å². The molecular weight excluding hydrogens is 672 g/mol. The fraction of sp³-hybridized carbons (Fsp3) is 0.194. The van der Waals surface area contributed by atoms with Gasteiger partial charge in [0.05, 0.1) is 51.1 Å². The Balaban J connectivity index is 1.78. The van der Waals surface area contributed by atoms with Crippen LogP contribution in [0.5, 0.6) is 11.5 Å². The largest absolute Gasteiger partial charge is 0.497 e. The topological polar surface area (TPSA) is 79.1 Å². The summed E-state index contributed by atoms with van der Waals surface area (Å²) in [5, 5.41) is 0. The Bertz CT molecular complexity index is 1790. The van der Waals surface area contributed by atoms with E-state index in [2.05, 4.69) is 31.9 Å². The van der Waals surface area contributed by atoms with E-state index in [0.29, 0.717) is 38.7 Å². The Morgan fingerprint density at radius 3 is 2.32 bits per heavy atom. The molecule has 0 unspecified atom stereocenters. The molecule has 0 N–H and O–H groups in total. The highest BCUT2D eigenvalue weighted by atomic mass is 79.9. The van der Waals surface area contributed by atoms with Gasteiger partial charge in [-0.1, -0.05) is 53.8 Å². The molecule has 3 aromatic carbocycles. The smallest absolute Gasteiger partial charge is 0.338 e. The number of hydrogen-bond donors (Lipinski definition) is 0. The number of esters is 1.